The number of carbonyl (C=O) groups is 1. The van der Waals surface area contributed by atoms with Crippen molar-refractivity contribution < 1.29 is 4.79 Å². The number of carbonyl (C=O) groups excluding carboxylic acids is 1. The second kappa shape index (κ2) is 7.45. The number of hydrogen-bond donors (Lipinski definition) is 0. The molecule has 3 fully saturated rings. The van der Waals surface area contributed by atoms with Gasteiger partial charge in [-0.3, -0.25) is 9.69 Å². The summed E-state index contributed by atoms with van der Waals surface area (Å²) in [5, 5.41) is 0.731. The van der Waals surface area contributed by atoms with Crippen LogP contribution in [0.25, 0.3) is 0 Å². The highest BCUT2D eigenvalue weighted by Gasteiger charge is 2.49. The van der Waals surface area contributed by atoms with Crippen molar-refractivity contribution >= 4 is 23.2 Å². The van der Waals surface area contributed by atoms with Gasteiger partial charge in [-0.15, -0.1) is 0 Å². The molecule has 3 aliphatic rings. The number of amides is 1. The molecule has 2 heterocycles. The number of hydrogen-bond acceptors (Lipinski definition) is 2. The van der Waals surface area contributed by atoms with Gasteiger partial charge in [0.1, 0.15) is 0 Å². The minimum absolute atomic E-state index is 0.203. The average molecular weight is 409 g/mol. The Bertz CT molecular complexity index is 900. The summed E-state index contributed by atoms with van der Waals surface area (Å²) in [5.41, 5.74) is 3.37. The van der Waals surface area contributed by atoms with Crippen molar-refractivity contribution in [1.82, 2.24) is 4.90 Å². The third-order valence-electron chi connectivity index (χ3n) is 7.41. The molecule has 2 aliphatic heterocycles. The lowest BCUT2D eigenvalue weighted by molar-refractivity contribution is -0.128. The zero-order valence-electron chi connectivity index (χ0n) is 17.1. The van der Waals surface area contributed by atoms with Crippen LogP contribution in [0.5, 0.6) is 0 Å². The highest BCUT2D eigenvalue weighted by atomic mass is 35.5. The van der Waals surface area contributed by atoms with E-state index in [0.29, 0.717) is 12.0 Å². The Morgan fingerprint density at radius 1 is 1.00 bits per heavy atom. The summed E-state index contributed by atoms with van der Waals surface area (Å²) in [5.74, 6) is 0.962. The number of likely N-dealkylation sites (tertiary alicyclic amines) is 1. The van der Waals surface area contributed by atoms with E-state index in [-0.39, 0.29) is 11.3 Å². The second-order valence-corrected chi connectivity index (χ2v) is 9.50. The first-order valence-corrected chi connectivity index (χ1v) is 11.4. The van der Waals surface area contributed by atoms with E-state index < -0.39 is 0 Å². The van der Waals surface area contributed by atoms with E-state index in [4.69, 9.17) is 11.6 Å². The minimum Gasteiger partial charge on any atom is -0.310 e. The first kappa shape index (κ1) is 19.1. The van der Waals surface area contributed by atoms with Gasteiger partial charge >= 0.3 is 0 Å². The van der Waals surface area contributed by atoms with Crippen LogP contribution in [0.3, 0.4) is 0 Å². The summed E-state index contributed by atoms with van der Waals surface area (Å²) in [7, 11) is 0. The molecule has 1 unspecified atom stereocenters. The topological polar surface area (TPSA) is 23.6 Å². The fourth-order valence-corrected chi connectivity index (χ4v) is 5.50. The summed E-state index contributed by atoms with van der Waals surface area (Å²) >= 11 is 6.60. The largest absolute Gasteiger partial charge is 0.310 e. The Hall–Kier alpha value is -1.84. The van der Waals surface area contributed by atoms with Gasteiger partial charge in [-0.25, -0.2) is 0 Å². The zero-order valence-corrected chi connectivity index (χ0v) is 17.9. The van der Waals surface area contributed by atoms with Crippen molar-refractivity contribution in [3.8, 4) is 0 Å². The smallest absolute Gasteiger partial charge is 0.233 e. The number of nitrogens with zero attached hydrogens (tertiary/aromatic N) is 2. The summed E-state index contributed by atoms with van der Waals surface area (Å²) in [6, 6.07) is 17.4. The number of anilines is 1. The van der Waals surface area contributed by atoms with Crippen molar-refractivity contribution in [1.29, 1.82) is 0 Å². The van der Waals surface area contributed by atoms with E-state index in [1.165, 1.54) is 24.0 Å². The van der Waals surface area contributed by atoms with Crippen LogP contribution in [0.4, 0.5) is 5.69 Å². The Balaban J connectivity index is 1.28. The Morgan fingerprint density at radius 2 is 1.69 bits per heavy atom. The summed E-state index contributed by atoms with van der Waals surface area (Å²) in [6.07, 6.45) is 5.35. The maximum Gasteiger partial charge on any atom is 0.233 e. The fraction of sp³-hybridized carbons (Fsp3) is 0.480. The van der Waals surface area contributed by atoms with Gasteiger partial charge in [0, 0.05) is 12.6 Å². The van der Waals surface area contributed by atoms with Gasteiger partial charge in [-0.05, 0) is 81.3 Å². The molecule has 2 aromatic carbocycles. The summed E-state index contributed by atoms with van der Waals surface area (Å²) < 4.78 is 0. The molecule has 0 radical (unpaired) electrons. The highest BCUT2D eigenvalue weighted by Crippen LogP contribution is 2.47. The lowest BCUT2D eigenvalue weighted by Crippen LogP contribution is -2.45. The van der Waals surface area contributed by atoms with Crippen molar-refractivity contribution in [3.05, 3.63) is 64.7 Å². The van der Waals surface area contributed by atoms with Crippen LogP contribution in [0, 0.1) is 5.41 Å². The summed E-state index contributed by atoms with van der Waals surface area (Å²) in [4.78, 5) is 17.9. The second-order valence-electron chi connectivity index (χ2n) is 9.09. The molecule has 0 aromatic heterocycles. The maximum absolute atomic E-state index is 13.5. The van der Waals surface area contributed by atoms with Crippen molar-refractivity contribution in [2.24, 2.45) is 5.41 Å². The number of halogens is 1. The lowest BCUT2D eigenvalue weighted by Gasteiger charge is -2.40. The van der Waals surface area contributed by atoms with Crippen molar-refractivity contribution in [2.75, 3.05) is 24.5 Å². The van der Waals surface area contributed by atoms with Crippen LogP contribution >= 0.6 is 11.6 Å². The molecule has 4 heteroatoms. The van der Waals surface area contributed by atoms with Gasteiger partial charge in [-0.1, -0.05) is 48.0 Å². The van der Waals surface area contributed by atoms with Gasteiger partial charge in [0.25, 0.3) is 0 Å². The SMILES string of the molecule is CC(c1ccccc1)N1CCC2(CCN(c3ccc(C4CC4)cc3Cl)C2=O)CC1. The Labute approximate surface area is 178 Å². The molecule has 1 spiro atoms. The van der Waals surface area contributed by atoms with Crippen LogP contribution in [0.1, 0.15) is 62.1 Å². The molecule has 1 saturated carbocycles. The van der Waals surface area contributed by atoms with Crippen LogP contribution in [-0.4, -0.2) is 30.4 Å². The molecule has 0 bridgehead atoms. The predicted octanol–water partition coefficient (Wildman–Crippen LogP) is 5.80. The molecule has 3 nitrogen and oxygen atoms in total. The van der Waals surface area contributed by atoms with Gasteiger partial charge in [0.2, 0.25) is 5.91 Å². The van der Waals surface area contributed by atoms with E-state index in [9.17, 15) is 4.79 Å². The van der Waals surface area contributed by atoms with Gasteiger partial charge < -0.3 is 4.90 Å². The molecule has 29 heavy (non-hydrogen) atoms. The molecular weight excluding hydrogens is 380 g/mol. The molecule has 1 amide bonds. The van der Waals surface area contributed by atoms with Gasteiger partial charge in [-0.2, -0.15) is 0 Å². The molecule has 2 saturated heterocycles. The Kier molecular flexibility index (Phi) is 4.92. The van der Waals surface area contributed by atoms with Crippen LogP contribution in [0.15, 0.2) is 48.5 Å². The van der Waals surface area contributed by atoms with Crippen molar-refractivity contribution in [3.63, 3.8) is 0 Å². The Morgan fingerprint density at radius 3 is 2.34 bits per heavy atom. The van der Waals surface area contributed by atoms with E-state index in [2.05, 4.69) is 60.4 Å². The van der Waals surface area contributed by atoms with Gasteiger partial charge in [0.15, 0.2) is 0 Å². The lowest BCUT2D eigenvalue weighted by atomic mass is 9.76. The first-order chi connectivity index (χ1) is 14.1. The third-order valence-corrected chi connectivity index (χ3v) is 7.71. The van der Waals surface area contributed by atoms with Gasteiger partial charge in [0.05, 0.1) is 16.1 Å². The van der Waals surface area contributed by atoms with E-state index in [1.807, 2.05) is 4.90 Å². The van der Waals surface area contributed by atoms with E-state index in [1.54, 1.807) is 0 Å². The highest BCUT2D eigenvalue weighted by molar-refractivity contribution is 6.34. The molecule has 152 valence electrons. The zero-order chi connectivity index (χ0) is 20.0. The number of rotatable bonds is 4. The summed E-state index contributed by atoms with van der Waals surface area (Å²) in [6.45, 7) is 5.01. The third kappa shape index (κ3) is 3.49. The van der Waals surface area contributed by atoms with Crippen molar-refractivity contribution in [2.45, 2.75) is 51.0 Å². The number of benzene rings is 2. The molecule has 1 aliphatic carbocycles. The minimum atomic E-state index is -0.203. The average Bonchev–Trinajstić information content (AvgIpc) is 3.56. The molecule has 0 N–H and O–H groups in total. The van der Waals surface area contributed by atoms with E-state index in [0.717, 1.165) is 49.6 Å². The monoisotopic (exact) mass is 408 g/mol. The maximum atomic E-state index is 13.5. The fourth-order valence-electron chi connectivity index (χ4n) is 5.21. The predicted molar refractivity (Wildman–Crippen MR) is 118 cm³/mol. The quantitative estimate of drug-likeness (QED) is 0.638. The molecule has 2 aromatic rings. The van der Waals surface area contributed by atoms with E-state index >= 15 is 0 Å². The van der Waals surface area contributed by atoms with Crippen LogP contribution < -0.4 is 4.90 Å². The first-order valence-electron chi connectivity index (χ1n) is 11.0. The number of piperidine rings is 1. The normalized spacial score (nSPS) is 23.0. The standard InChI is InChI=1S/C25H29ClN2O/c1-18(19-5-3-2-4-6-19)27-14-11-25(12-15-27)13-16-28(24(25)29)23-10-9-21(17-22(23)26)20-7-8-20/h2-6,9-10,17-18,20H,7-8,11-16H2,1H3. The molecule has 1 atom stereocenters. The van der Waals surface area contributed by atoms with Crippen LogP contribution in [-0.2, 0) is 4.79 Å². The van der Waals surface area contributed by atoms with Crippen LogP contribution in [0.2, 0.25) is 5.02 Å². The molecule has 5 rings (SSSR count). The molecular formula is C25H29ClN2O.